The van der Waals surface area contributed by atoms with Crippen LogP contribution in [0.25, 0.3) is 11.5 Å². The molecule has 1 aliphatic carbocycles. The van der Waals surface area contributed by atoms with Crippen molar-refractivity contribution in [1.82, 2.24) is 4.98 Å². The van der Waals surface area contributed by atoms with Crippen LogP contribution < -0.4 is 5.32 Å². The zero-order chi connectivity index (χ0) is 15.5. The van der Waals surface area contributed by atoms with Crippen molar-refractivity contribution in [3.8, 4) is 11.5 Å². The number of carbonyl (C=O) groups is 2. The number of furan rings is 1. The van der Waals surface area contributed by atoms with Crippen molar-refractivity contribution in [2.24, 2.45) is 5.92 Å². The molecule has 2 aromatic rings. The van der Waals surface area contributed by atoms with Crippen LogP contribution in [-0.4, -0.2) is 22.0 Å². The Kier molecular flexibility index (Phi) is 4.24. The Bertz CT molecular complexity index is 672. The molecule has 6 nitrogen and oxygen atoms in total. The Morgan fingerprint density at radius 1 is 1.32 bits per heavy atom. The number of hydrogen-bond donors (Lipinski definition) is 2. The SMILES string of the molecule is O=C(O)Nc1nc(-c2ccco2)c(C(=O)C2CCCCC2)s1. The first-order valence-corrected chi connectivity index (χ1v) is 8.05. The van der Waals surface area contributed by atoms with Gasteiger partial charge in [-0.15, -0.1) is 0 Å². The summed E-state index contributed by atoms with van der Waals surface area (Å²) in [6, 6.07) is 3.44. The van der Waals surface area contributed by atoms with Gasteiger partial charge in [-0.1, -0.05) is 30.6 Å². The van der Waals surface area contributed by atoms with E-state index in [9.17, 15) is 9.59 Å². The smallest absolute Gasteiger partial charge is 0.410 e. The number of Topliss-reactive ketones (excluding diaryl/α,β-unsaturated/α-hetero) is 1. The van der Waals surface area contributed by atoms with E-state index in [2.05, 4.69) is 10.3 Å². The number of thiazole rings is 1. The highest BCUT2D eigenvalue weighted by atomic mass is 32.1. The summed E-state index contributed by atoms with van der Waals surface area (Å²) in [6.45, 7) is 0. The highest BCUT2D eigenvalue weighted by Crippen LogP contribution is 2.36. The predicted molar refractivity (Wildman–Crippen MR) is 82.4 cm³/mol. The fraction of sp³-hybridized carbons (Fsp3) is 0.400. The van der Waals surface area contributed by atoms with E-state index < -0.39 is 6.09 Å². The number of amides is 1. The van der Waals surface area contributed by atoms with Gasteiger partial charge < -0.3 is 9.52 Å². The molecule has 7 heteroatoms. The molecule has 0 radical (unpaired) electrons. The molecule has 0 atom stereocenters. The average Bonchev–Trinajstić information content (AvgIpc) is 3.15. The maximum atomic E-state index is 12.8. The molecule has 0 saturated heterocycles. The second kappa shape index (κ2) is 6.31. The third-order valence-electron chi connectivity index (χ3n) is 3.80. The Morgan fingerprint density at radius 2 is 2.09 bits per heavy atom. The van der Waals surface area contributed by atoms with E-state index in [1.165, 1.54) is 12.7 Å². The van der Waals surface area contributed by atoms with Crippen molar-refractivity contribution in [3.63, 3.8) is 0 Å². The van der Waals surface area contributed by atoms with E-state index in [1.54, 1.807) is 12.1 Å². The first kappa shape index (κ1) is 14.8. The lowest BCUT2D eigenvalue weighted by Crippen LogP contribution is -2.17. The standard InChI is InChI=1S/C15H16N2O4S/c18-12(9-5-2-1-3-6-9)13-11(10-7-4-8-21-10)16-14(22-13)17-15(19)20/h4,7-9H,1-3,5-6H2,(H,16,17)(H,19,20). The number of carbonyl (C=O) groups excluding carboxylic acids is 1. The minimum atomic E-state index is -1.20. The van der Waals surface area contributed by atoms with E-state index in [0.29, 0.717) is 16.3 Å². The summed E-state index contributed by atoms with van der Waals surface area (Å²) >= 11 is 1.08. The average molecular weight is 320 g/mol. The second-order valence-electron chi connectivity index (χ2n) is 5.30. The molecule has 22 heavy (non-hydrogen) atoms. The number of hydrogen-bond acceptors (Lipinski definition) is 5. The Balaban J connectivity index is 1.95. The van der Waals surface area contributed by atoms with E-state index in [1.807, 2.05) is 0 Å². The summed E-state index contributed by atoms with van der Waals surface area (Å²) in [5.74, 6) is 0.525. The largest absolute Gasteiger partial charge is 0.465 e. The highest BCUT2D eigenvalue weighted by molar-refractivity contribution is 7.18. The lowest BCUT2D eigenvalue weighted by atomic mass is 9.85. The number of nitrogens with one attached hydrogen (secondary N) is 1. The maximum Gasteiger partial charge on any atom is 0.410 e. The van der Waals surface area contributed by atoms with Gasteiger partial charge in [-0.25, -0.2) is 9.78 Å². The van der Waals surface area contributed by atoms with Crippen LogP contribution in [0.15, 0.2) is 22.8 Å². The topological polar surface area (TPSA) is 92.4 Å². The summed E-state index contributed by atoms with van der Waals surface area (Å²) in [4.78, 5) is 28.3. The molecule has 0 aliphatic heterocycles. The summed E-state index contributed by atoms with van der Waals surface area (Å²) in [5, 5.41) is 11.2. The molecular formula is C15H16N2O4S. The molecule has 0 spiro atoms. The number of carboxylic acid groups (broad SMARTS) is 1. The van der Waals surface area contributed by atoms with Crippen LogP contribution in [0.2, 0.25) is 0 Å². The molecule has 116 valence electrons. The van der Waals surface area contributed by atoms with Crippen molar-refractivity contribution in [3.05, 3.63) is 23.3 Å². The lowest BCUT2D eigenvalue weighted by Gasteiger charge is -2.19. The van der Waals surface area contributed by atoms with Gasteiger partial charge in [0.05, 0.1) is 6.26 Å². The summed E-state index contributed by atoms with van der Waals surface area (Å²) in [7, 11) is 0. The first-order chi connectivity index (χ1) is 10.6. The molecule has 1 amide bonds. The van der Waals surface area contributed by atoms with Crippen LogP contribution in [0, 0.1) is 5.92 Å². The van der Waals surface area contributed by atoms with Crippen molar-refractivity contribution in [2.45, 2.75) is 32.1 Å². The third kappa shape index (κ3) is 3.04. The number of nitrogens with zero attached hydrogens (tertiary/aromatic N) is 1. The van der Waals surface area contributed by atoms with E-state index in [-0.39, 0.29) is 16.8 Å². The number of ketones is 1. The third-order valence-corrected chi connectivity index (χ3v) is 4.78. The number of aromatic nitrogens is 1. The van der Waals surface area contributed by atoms with Gasteiger partial charge in [-0.3, -0.25) is 10.1 Å². The Morgan fingerprint density at radius 3 is 2.73 bits per heavy atom. The van der Waals surface area contributed by atoms with Crippen LogP contribution >= 0.6 is 11.3 Å². The highest BCUT2D eigenvalue weighted by Gasteiger charge is 2.28. The van der Waals surface area contributed by atoms with Gasteiger partial charge in [-0.05, 0) is 25.0 Å². The van der Waals surface area contributed by atoms with Gasteiger partial charge >= 0.3 is 6.09 Å². The molecule has 2 heterocycles. The quantitative estimate of drug-likeness (QED) is 0.821. The van der Waals surface area contributed by atoms with Gasteiger partial charge in [0.2, 0.25) is 0 Å². The summed E-state index contributed by atoms with van der Waals surface area (Å²) in [6.07, 6.45) is 5.37. The van der Waals surface area contributed by atoms with Gasteiger partial charge in [-0.2, -0.15) is 0 Å². The fourth-order valence-electron chi connectivity index (χ4n) is 2.76. The predicted octanol–water partition coefficient (Wildman–Crippen LogP) is 4.26. The maximum absolute atomic E-state index is 12.8. The van der Waals surface area contributed by atoms with Crippen LogP contribution in [-0.2, 0) is 0 Å². The molecule has 1 aliphatic rings. The number of rotatable bonds is 4. The zero-order valence-corrected chi connectivity index (χ0v) is 12.7. The van der Waals surface area contributed by atoms with Crippen LogP contribution in [0.1, 0.15) is 41.8 Å². The lowest BCUT2D eigenvalue weighted by molar-refractivity contribution is 0.0894. The minimum absolute atomic E-state index is 0.000547. The molecule has 0 unspecified atom stereocenters. The van der Waals surface area contributed by atoms with Crippen molar-refractivity contribution < 1.29 is 19.1 Å². The van der Waals surface area contributed by atoms with Crippen LogP contribution in [0.4, 0.5) is 9.93 Å². The van der Waals surface area contributed by atoms with E-state index >= 15 is 0 Å². The van der Waals surface area contributed by atoms with E-state index in [4.69, 9.17) is 9.52 Å². The van der Waals surface area contributed by atoms with Crippen molar-refractivity contribution >= 4 is 28.3 Å². The second-order valence-corrected chi connectivity index (χ2v) is 6.30. The summed E-state index contributed by atoms with van der Waals surface area (Å²) < 4.78 is 5.33. The van der Waals surface area contributed by atoms with Crippen molar-refractivity contribution in [1.29, 1.82) is 0 Å². The monoisotopic (exact) mass is 320 g/mol. The fourth-order valence-corrected chi connectivity index (χ4v) is 3.74. The molecule has 2 N–H and O–H groups in total. The van der Waals surface area contributed by atoms with Gasteiger partial charge in [0.15, 0.2) is 16.7 Å². The van der Waals surface area contributed by atoms with Gasteiger partial charge in [0, 0.05) is 5.92 Å². The minimum Gasteiger partial charge on any atom is -0.465 e. The molecule has 1 saturated carbocycles. The van der Waals surface area contributed by atoms with Crippen LogP contribution in [0.3, 0.4) is 0 Å². The molecular weight excluding hydrogens is 304 g/mol. The van der Waals surface area contributed by atoms with Gasteiger partial charge in [0.25, 0.3) is 0 Å². The van der Waals surface area contributed by atoms with E-state index in [0.717, 1.165) is 37.0 Å². The molecule has 1 fully saturated rings. The Hall–Kier alpha value is -2.15. The summed E-state index contributed by atoms with van der Waals surface area (Å²) in [5.41, 5.74) is 0.425. The van der Waals surface area contributed by atoms with Gasteiger partial charge in [0.1, 0.15) is 10.6 Å². The van der Waals surface area contributed by atoms with Crippen molar-refractivity contribution in [2.75, 3.05) is 5.32 Å². The molecule has 0 bridgehead atoms. The number of anilines is 1. The normalized spacial score (nSPS) is 15.6. The molecule has 2 aromatic heterocycles. The zero-order valence-electron chi connectivity index (χ0n) is 11.9. The Labute approximate surface area is 131 Å². The molecule has 3 rings (SSSR count). The molecule has 0 aromatic carbocycles. The van der Waals surface area contributed by atoms with Crippen LogP contribution in [0.5, 0.6) is 0 Å². The first-order valence-electron chi connectivity index (χ1n) is 7.24.